The summed E-state index contributed by atoms with van der Waals surface area (Å²) < 4.78 is 21.6. The van der Waals surface area contributed by atoms with Crippen LogP contribution in [0.3, 0.4) is 0 Å². The summed E-state index contributed by atoms with van der Waals surface area (Å²) in [7, 11) is 4.74. The number of carbonyl (C=O) groups excluding carboxylic acids is 2. The second-order valence-electron chi connectivity index (χ2n) is 8.38. The van der Waals surface area contributed by atoms with Gasteiger partial charge in [-0.1, -0.05) is 37.3 Å². The second kappa shape index (κ2) is 13.8. The quantitative estimate of drug-likeness (QED) is 0.337. The van der Waals surface area contributed by atoms with E-state index in [-0.39, 0.29) is 24.7 Å². The Morgan fingerprint density at radius 2 is 1.22 bits per heavy atom. The molecular weight excluding hydrogens is 472 g/mol. The van der Waals surface area contributed by atoms with Crippen molar-refractivity contribution in [2.24, 2.45) is 0 Å². The lowest BCUT2D eigenvalue weighted by Gasteiger charge is -2.22. The van der Waals surface area contributed by atoms with Crippen LogP contribution in [0.25, 0.3) is 0 Å². The van der Waals surface area contributed by atoms with Crippen molar-refractivity contribution in [1.82, 2.24) is 10.6 Å². The third kappa shape index (κ3) is 8.17. The zero-order valence-corrected chi connectivity index (χ0v) is 21.7. The normalized spacial score (nSPS) is 10.5. The minimum absolute atomic E-state index is 0.143. The number of ether oxygens (including phenoxy) is 4. The molecule has 0 fully saturated rings. The van der Waals surface area contributed by atoms with E-state index in [9.17, 15) is 9.59 Å². The van der Waals surface area contributed by atoms with Crippen LogP contribution in [0.15, 0.2) is 66.7 Å². The van der Waals surface area contributed by atoms with Gasteiger partial charge in [0, 0.05) is 0 Å². The molecule has 0 aliphatic carbocycles. The summed E-state index contributed by atoms with van der Waals surface area (Å²) in [6.07, 6.45) is 0.370. The molecule has 2 N–H and O–H groups in total. The molecule has 0 saturated heterocycles. The fourth-order valence-electron chi connectivity index (χ4n) is 3.68. The monoisotopic (exact) mass is 506 g/mol. The molecule has 0 aromatic heterocycles. The molecule has 196 valence electrons. The Labute approximate surface area is 217 Å². The van der Waals surface area contributed by atoms with Crippen LogP contribution in [-0.4, -0.2) is 39.8 Å². The van der Waals surface area contributed by atoms with Gasteiger partial charge >= 0.3 is 0 Å². The molecule has 0 heterocycles. The van der Waals surface area contributed by atoms with Crippen LogP contribution in [0.1, 0.15) is 36.2 Å². The molecule has 0 saturated carbocycles. The van der Waals surface area contributed by atoms with E-state index in [4.69, 9.17) is 18.9 Å². The molecule has 8 nitrogen and oxygen atoms in total. The Morgan fingerprint density at radius 1 is 0.703 bits per heavy atom. The number of amides is 2. The maximum absolute atomic E-state index is 13.0. The number of nitrogens with one attached hydrogen (secondary N) is 2. The first-order valence-electron chi connectivity index (χ1n) is 12.1. The van der Waals surface area contributed by atoms with E-state index in [1.807, 2.05) is 31.2 Å². The van der Waals surface area contributed by atoms with Crippen LogP contribution < -0.4 is 29.6 Å². The Balaban J connectivity index is 1.78. The average molecular weight is 507 g/mol. The van der Waals surface area contributed by atoms with Crippen LogP contribution >= 0.6 is 0 Å². The highest BCUT2D eigenvalue weighted by Crippen LogP contribution is 2.30. The van der Waals surface area contributed by atoms with Gasteiger partial charge < -0.3 is 29.6 Å². The van der Waals surface area contributed by atoms with Crippen molar-refractivity contribution in [1.29, 1.82) is 0 Å². The topological polar surface area (TPSA) is 95.1 Å². The van der Waals surface area contributed by atoms with E-state index in [0.717, 1.165) is 17.5 Å². The van der Waals surface area contributed by atoms with Crippen molar-refractivity contribution in [3.8, 4) is 23.0 Å². The van der Waals surface area contributed by atoms with Gasteiger partial charge in [0.2, 0.25) is 11.8 Å². The van der Waals surface area contributed by atoms with Crippen molar-refractivity contribution < 1.29 is 28.5 Å². The van der Waals surface area contributed by atoms with Gasteiger partial charge in [-0.3, -0.25) is 9.59 Å². The molecule has 2 amide bonds. The van der Waals surface area contributed by atoms with Gasteiger partial charge in [-0.2, -0.15) is 0 Å². The summed E-state index contributed by atoms with van der Waals surface area (Å²) in [5.74, 6) is 2.05. The van der Waals surface area contributed by atoms with E-state index >= 15 is 0 Å². The fraction of sp³-hybridized carbons (Fsp3) is 0.310. The zero-order chi connectivity index (χ0) is 26.6. The molecule has 0 aliphatic rings. The molecule has 0 spiro atoms. The molecule has 0 bridgehead atoms. The maximum atomic E-state index is 13.0. The SMILES string of the molecule is CCCOc1ccc(C(NC(=O)Cc2ccc(OC)cc2)NC(=O)Cc2ccc(OC)cc2)cc1OC. The third-order valence-electron chi connectivity index (χ3n) is 5.64. The van der Waals surface area contributed by atoms with Gasteiger partial charge in [-0.05, 0) is 59.5 Å². The lowest BCUT2D eigenvalue weighted by atomic mass is 10.1. The minimum atomic E-state index is -0.773. The van der Waals surface area contributed by atoms with Crippen molar-refractivity contribution in [3.63, 3.8) is 0 Å². The maximum Gasteiger partial charge on any atom is 0.226 e. The molecular formula is C29H34N2O6. The molecule has 0 atom stereocenters. The average Bonchev–Trinajstić information content (AvgIpc) is 2.92. The van der Waals surface area contributed by atoms with Crippen molar-refractivity contribution in [3.05, 3.63) is 83.4 Å². The van der Waals surface area contributed by atoms with E-state index < -0.39 is 6.17 Å². The number of hydrogen-bond donors (Lipinski definition) is 2. The summed E-state index contributed by atoms with van der Waals surface area (Å²) in [5.41, 5.74) is 2.30. The van der Waals surface area contributed by atoms with Crippen LogP contribution in [-0.2, 0) is 22.4 Å². The number of benzene rings is 3. The molecule has 0 aliphatic heterocycles. The Morgan fingerprint density at radius 3 is 1.65 bits per heavy atom. The molecule has 0 radical (unpaired) electrons. The van der Waals surface area contributed by atoms with E-state index in [2.05, 4.69) is 10.6 Å². The second-order valence-corrected chi connectivity index (χ2v) is 8.38. The van der Waals surface area contributed by atoms with Gasteiger partial charge in [-0.25, -0.2) is 0 Å². The van der Waals surface area contributed by atoms with E-state index in [0.29, 0.717) is 35.2 Å². The van der Waals surface area contributed by atoms with Crippen LogP contribution in [0.2, 0.25) is 0 Å². The fourth-order valence-corrected chi connectivity index (χ4v) is 3.68. The molecule has 8 heteroatoms. The first-order valence-corrected chi connectivity index (χ1v) is 12.1. The van der Waals surface area contributed by atoms with Gasteiger partial charge in [0.15, 0.2) is 11.5 Å². The standard InChI is InChI=1S/C29H34N2O6/c1-5-16-37-25-15-10-22(19-26(25)36-4)29(30-27(32)17-20-6-11-23(34-2)12-7-20)31-28(33)18-21-8-13-24(35-3)14-9-21/h6-15,19,29H,5,16-18H2,1-4H3,(H,30,32)(H,31,33). The molecule has 3 rings (SSSR count). The first-order chi connectivity index (χ1) is 17.9. The molecule has 3 aromatic rings. The number of rotatable bonds is 13. The number of hydrogen-bond acceptors (Lipinski definition) is 6. The van der Waals surface area contributed by atoms with Gasteiger partial charge in [0.25, 0.3) is 0 Å². The lowest BCUT2D eigenvalue weighted by molar-refractivity contribution is -0.123. The third-order valence-corrected chi connectivity index (χ3v) is 5.64. The van der Waals surface area contributed by atoms with Crippen LogP contribution in [0.4, 0.5) is 0 Å². The van der Waals surface area contributed by atoms with Crippen molar-refractivity contribution in [2.45, 2.75) is 32.4 Å². The molecule has 37 heavy (non-hydrogen) atoms. The van der Waals surface area contributed by atoms with Gasteiger partial charge in [0.05, 0.1) is 40.8 Å². The summed E-state index contributed by atoms with van der Waals surface area (Å²) in [5, 5.41) is 5.88. The summed E-state index contributed by atoms with van der Waals surface area (Å²) >= 11 is 0. The van der Waals surface area contributed by atoms with Crippen molar-refractivity contribution >= 4 is 11.8 Å². The Hall–Kier alpha value is -4.20. The minimum Gasteiger partial charge on any atom is -0.497 e. The molecule has 0 unspecified atom stereocenters. The summed E-state index contributed by atoms with van der Waals surface area (Å²) in [6.45, 7) is 2.57. The summed E-state index contributed by atoms with van der Waals surface area (Å²) in [6, 6.07) is 19.9. The predicted molar refractivity (Wildman–Crippen MR) is 141 cm³/mol. The zero-order valence-electron chi connectivity index (χ0n) is 21.7. The number of methoxy groups -OCH3 is 3. The van der Waals surface area contributed by atoms with Crippen LogP contribution in [0, 0.1) is 0 Å². The van der Waals surface area contributed by atoms with E-state index in [1.54, 1.807) is 63.8 Å². The van der Waals surface area contributed by atoms with Gasteiger partial charge in [-0.15, -0.1) is 0 Å². The van der Waals surface area contributed by atoms with Gasteiger partial charge in [0.1, 0.15) is 17.7 Å². The Kier molecular flexibility index (Phi) is 10.2. The molecule has 3 aromatic carbocycles. The first kappa shape index (κ1) is 27.4. The van der Waals surface area contributed by atoms with E-state index in [1.165, 1.54) is 0 Å². The highest BCUT2D eigenvalue weighted by Gasteiger charge is 2.20. The van der Waals surface area contributed by atoms with Crippen LogP contribution in [0.5, 0.6) is 23.0 Å². The predicted octanol–water partition coefficient (Wildman–Crippen LogP) is 4.22. The number of carbonyl (C=O) groups is 2. The highest BCUT2D eigenvalue weighted by atomic mass is 16.5. The lowest BCUT2D eigenvalue weighted by Crippen LogP contribution is -2.42. The smallest absolute Gasteiger partial charge is 0.226 e. The summed E-state index contributed by atoms with van der Waals surface area (Å²) in [4.78, 5) is 25.9. The largest absolute Gasteiger partial charge is 0.497 e. The van der Waals surface area contributed by atoms with Crippen molar-refractivity contribution in [2.75, 3.05) is 27.9 Å². The Bertz CT molecular complexity index is 1100. The highest BCUT2D eigenvalue weighted by molar-refractivity contribution is 5.82.